The second kappa shape index (κ2) is 6.68. The van der Waals surface area contributed by atoms with Crippen LogP contribution in [0.5, 0.6) is 0 Å². The average Bonchev–Trinajstić information content (AvgIpc) is 3.39. The number of rotatable bonds is 3. The zero-order valence-corrected chi connectivity index (χ0v) is 15.6. The molecular formula is C19H24N8. The van der Waals surface area contributed by atoms with Gasteiger partial charge in [0.25, 0.3) is 0 Å². The normalized spacial score (nSPS) is 17.9. The second-order valence-corrected chi connectivity index (χ2v) is 7.22. The lowest BCUT2D eigenvalue weighted by molar-refractivity contribution is 0.639. The molecule has 0 saturated carbocycles. The Morgan fingerprint density at radius 1 is 0.741 bits per heavy atom. The van der Waals surface area contributed by atoms with Gasteiger partial charge in [-0.15, -0.1) is 0 Å². The first-order valence-electron chi connectivity index (χ1n) is 9.67. The van der Waals surface area contributed by atoms with Crippen LogP contribution >= 0.6 is 0 Å². The molecule has 27 heavy (non-hydrogen) atoms. The first-order chi connectivity index (χ1) is 13.3. The minimum Gasteiger partial charge on any atom is -0.356 e. The predicted octanol–water partition coefficient (Wildman–Crippen LogP) is 1.75. The topological polar surface area (TPSA) is 65.7 Å². The highest BCUT2D eigenvalue weighted by Crippen LogP contribution is 2.24. The molecule has 0 atom stereocenters. The molecule has 140 valence electrons. The summed E-state index contributed by atoms with van der Waals surface area (Å²) in [6.45, 7) is 7.92. The fourth-order valence-corrected chi connectivity index (χ4v) is 3.95. The summed E-state index contributed by atoms with van der Waals surface area (Å²) in [5, 5.41) is 4.22. The van der Waals surface area contributed by atoms with E-state index >= 15 is 0 Å². The zero-order valence-electron chi connectivity index (χ0n) is 15.6. The van der Waals surface area contributed by atoms with E-state index < -0.39 is 0 Å². The van der Waals surface area contributed by atoms with E-state index in [0.29, 0.717) is 0 Å². The number of hydrogen-bond donors (Lipinski definition) is 0. The number of hydrogen-bond acceptors (Lipinski definition) is 7. The molecule has 0 unspecified atom stereocenters. The first-order valence-corrected chi connectivity index (χ1v) is 9.67. The molecule has 5 heterocycles. The van der Waals surface area contributed by atoms with Crippen LogP contribution in [0.15, 0.2) is 30.6 Å². The Morgan fingerprint density at radius 3 is 2.07 bits per heavy atom. The average molecular weight is 364 g/mol. The van der Waals surface area contributed by atoms with Crippen LogP contribution in [0.1, 0.15) is 18.7 Å². The Hall–Kier alpha value is -2.90. The van der Waals surface area contributed by atoms with Gasteiger partial charge in [-0.2, -0.15) is 5.10 Å². The molecule has 8 heteroatoms. The van der Waals surface area contributed by atoms with Gasteiger partial charge in [-0.3, -0.25) is 0 Å². The lowest BCUT2D eigenvalue weighted by atomic mass is 10.3. The van der Waals surface area contributed by atoms with Crippen LogP contribution in [0, 0.1) is 6.92 Å². The summed E-state index contributed by atoms with van der Waals surface area (Å²) >= 11 is 0. The molecule has 0 aromatic carbocycles. The summed E-state index contributed by atoms with van der Waals surface area (Å²) in [5.41, 5.74) is 0.886. The van der Waals surface area contributed by atoms with Gasteiger partial charge in [0.1, 0.15) is 23.3 Å². The summed E-state index contributed by atoms with van der Waals surface area (Å²) in [5.74, 6) is 3.98. The highest BCUT2D eigenvalue weighted by atomic mass is 15.3. The molecule has 0 spiro atoms. The number of aryl methyl sites for hydroxylation is 1. The molecule has 2 aliphatic rings. The van der Waals surface area contributed by atoms with E-state index in [9.17, 15) is 0 Å². The Bertz CT molecular complexity index is 938. The van der Waals surface area contributed by atoms with Crippen molar-refractivity contribution in [1.82, 2.24) is 24.6 Å². The molecule has 3 aromatic rings. The maximum atomic E-state index is 4.71. The van der Waals surface area contributed by atoms with Crippen molar-refractivity contribution in [3.05, 3.63) is 36.4 Å². The number of nitrogens with zero attached hydrogens (tertiary/aromatic N) is 8. The number of fused-ring (bicyclic) bond motifs is 1. The molecule has 3 aromatic heterocycles. The number of piperazine rings is 1. The molecule has 0 amide bonds. The van der Waals surface area contributed by atoms with Crippen molar-refractivity contribution >= 4 is 23.1 Å². The van der Waals surface area contributed by atoms with E-state index in [-0.39, 0.29) is 0 Å². The van der Waals surface area contributed by atoms with Crippen molar-refractivity contribution in [2.24, 2.45) is 0 Å². The third-order valence-corrected chi connectivity index (χ3v) is 5.41. The van der Waals surface area contributed by atoms with Crippen LogP contribution < -0.4 is 14.7 Å². The molecule has 2 fully saturated rings. The van der Waals surface area contributed by atoms with Gasteiger partial charge < -0.3 is 14.7 Å². The van der Waals surface area contributed by atoms with Crippen molar-refractivity contribution in [1.29, 1.82) is 0 Å². The number of aromatic nitrogens is 5. The van der Waals surface area contributed by atoms with Gasteiger partial charge in [0.15, 0.2) is 5.65 Å². The van der Waals surface area contributed by atoms with Crippen molar-refractivity contribution in [3.63, 3.8) is 0 Å². The van der Waals surface area contributed by atoms with Crippen molar-refractivity contribution in [2.75, 3.05) is 54.0 Å². The third-order valence-electron chi connectivity index (χ3n) is 5.41. The quantitative estimate of drug-likeness (QED) is 0.701. The Morgan fingerprint density at radius 2 is 1.37 bits per heavy atom. The summed E-state index contributed by atoms with van der Waals surface area (Å²) in [4.78, 5) is 21.1. The van der Waals surface area contributed by atoms with Crippen LogP contribution in [-0.2, 0) is 0 Å². The van der Waals surface area contributed by atoms with Crippen LogP contribution in [0.25, 0.3) is 5.65 Å². The highest BCUT2D eigenvalue weighted by Gasteiger charge is 2.22. The van der Waals surface area contributed by atoms with Crippen LogP contribution in [0.2, 0.25) is 0 Å². The molecule has 0 radical (unpaired) electrons. The fraction of sp³-hybridized carbons (Fsp3) is 0.474. The fourth-order valence-electron chi connectivity index (χ4n) is 3.95. The van der Waals surface area contributed by atoms with Crippen molar-refractivity contribution < 1.29 is 0 Å². The molecule has 2 aliphatic heterocycles. The minimum atomic E-state index is 0.852. The second-order valence-electron chi connectivity index (χ2n) is 7.22. The molecule has 8 nitrogen and oxygen atoms in total. The lowest BCUT2D eigenvalue weighted by Crippen LogP contribution is -2.47. The SMILES string of the molecule is Cc1nc(N2CCCC2)cc(N2CCN(c3ccn4nccc4n3)CC2)n1. The standard InChI is InChI=1S/C19H24N8/c1-15-21-18(24-7-2-3-8-24)14-19(22-15)26-12-10-25(11-13-26)16-5-9-27-17(23-16)4-6-20-27/h4-6,9,14H,2-3,7-8,10-13H2,1H3. The van der Waals surface area contributed by atoms with Crippen LogP contribution in [0.3, 0.4) is 0 Å². The van der Waals surface area contributed by atoms with Crippen molar-refractivity contribution in [3.8, 4) is 0 Å². The van der Waals surface area contributed by atoms with Gasteiger partial charge in [0.2, 0.25) is 0 Å². The van der Waals surface area contributed by atoms with E-state index in [4.69, 9.17) is 9.97 Å². The molecule has 5 rings (SSSR count). The van der Waals surface area contributed by atoms with Gasteiger partial charge in [0, 0.05) is 57.6 Å². The summed E-state index contributed by atoms with van der Waals surface area (Å²) in [6.07, 6.45) is 6.26. The smallest absolute Gasteiger partial charge is 0.157 e. The third kappa shape index (κ3) is 3.15. The van der Waals surface area contributed by atoms with E-state index in [1.807, 2.05) is 25.3 Å². The number of anilines is 3. The molecule has 0 bridgehead atoms. The summed E-state index contributed by atoms with van der Waals surface area (Å²) < 4.78 is 1.79. The zero-order chi connectivity index (χ0) is 18.2. The molecule has 0 N–H and O–H groups in total. The highest BCUT2D eigenvalue weighted by molar-refractivity contribution is 5.53. The lowest BCUT2D eigenvalue weighted by Gasteiger charge is -2.36. The Kier molecular flexibility index (Phi) is 4.03. The first kappa shape index (κ1) is 16.3. The largest absolute Gasteiger partial charge is 0.356 e. The summed E-state index contributed by atoms with van der Waals surface area (Å²) in [6, 6.07) is 6.13. The Balaban J connectivity index is 1.31. The van der Waals surface area contributed by atoms with Crippen LogP contribution in [0.4, 0.5) is 17.5 Å². The van der Waals surface area contributed by atoms with Gasteiger partial charge >= 0.3 is 0 Å². The minimum absolute atomic E-state index is 0.852. The van der Waals surface area contributed by atoms with Gasteiger partial charge in [-0.1, -0.05) is 0 Å². The summed E-state index contributed by atoms with van der Waals surface area (Å²) in [7, 11) is 0. The Labute approximate surface area is 158 Å². The van der Waals surface area contributed by atoms with Crippen molar-refractivity contribution in [2.45, 2.75) is 19.8 Å². The maximum Gasteiger partial charge on any atom is 0.157 e. The monoisotopic (exact) mass is 364 g/mol. The predicted molar refractivity (Wildman–Crippen MR) is 106 cm³/mol. The van der Waals surface area contributed by atoms with E-state index in [0.717, 1.165) is 68.2 Å². The van der Waals surface area contributed by atoms with Gasteiger partial charge in [-0.05, 0) is 25.8 Å². The van der Waals surface area contributed by atoms with Crippen LogP contribution in [-0.4, -0.2) is 63.8 Å². The van der Waals surface area contributed by atoms with E-state index in [1.54, 1.807) is 10.7 Å². The molecular weight excluding hydrogens is 340 g/mol. The molecule has 0 aliphatic carbocycles. The maximum absolute atomic E-state index is 4.71. The van der Waals surface area contributed by atoms with Gasteiger partial charge in [0.05, 0.1) is 6.20 Å². The van der Waals surface area contributed by atoms with E-state index in [2.05, 4.69) is 30.8 Å². The van der Waals surface area contributed by atoms with Gasteiger partial charge in [-0.25, -0.2) is 19.5 Å². The molecule has 2 saturated heterocycles. The van der Waals surface area contributed by atoms with E-state index in [1.165, 1.54) is 12.8 Å².